The van der Waals surface area contributed by atoms with Crippen molar-refractivity contribution < 1.29 is 14.3 Å². The predicted octanol–water partition coefficient (Wildman–Crippen LogP) is 3.99. The Hall–Kier alpha value is -0.870. The molecule has 0 bridgehead atoms. The molecule has 3 nitrogen and oxygen atoms in total. The molecule has 0 N–H and O–H groups in total. The van der Waals surface area contributed by atoms with Crippen LogP contribution in [0.25, 0.3) is 0 Å². The van der Waals surface area contributed by atoms with Gasteiger partial charge in [0.15, 0.2) is 5.78 Å². The molecule has 1 aromatic rings. The summed E-state index contributed by atoms with van der Waals surface area (Å²) in [5.41, 5.74) is 0.730. The van der Waals surface area contributed by atoms with Crippen LogP contribution in [0.4, 0.5) is 0 Å². The summed E-state index contributed by atoms with van der Waals surface area (Å²) in [4.78, 5) is 12.1. The van der Waals surface area contributed by atoms with Crippen molar-refractivity contribution in [3.05, 3.63) is 28.2 Å². The number of Topliss-reactive ketones (excluding diaryl/α,β-unsaturated/α-hetero) is 1. The fraction of sp³-hybridized carbons (Fsp3) is 0.533. The molecule has 1 aromatic carbocycles. The molecule has 0 saturated carbocycles. The summed E-state index contributed by atoms with van der Waals surface area (Å²) in [5.74, 6) is 0.942. The first-order chi connectivity index (χ1) is 9.20. The van der Waals surface area contributed by atoms with Crippen molar-refractivity contribution in [1.29, 1.82) is 0 Å². The van der Waals surface area contributed by atoms with Crippen LogP contribution < -0.4 is 4.74 Å². The molecule has 0 aliphatic carbocycles. The van der Waals surface area contributed by atoms with E-state index >= 15 is 0 Å². The molecule has 0 spiro atoms. The van der Waals surface area contributed by atoms with E-state index in [1.54, 1.807) is 0 Å². The van der Waals surface area contributed by atoms with Crippen LogP contribution in [0.3, 0.4) is 0 Å². The molecule has 1 heterocycles. The summed E-state index contributed by atoms with van der Waals surface area (Å²) in [5, 5.41) is 0. The summed E-state index contributed by atoms with van der Waals surface area (Å²) in [6.45, 7) is 3.39. The summed E-state index contributed by atoms with van der Waals surface area (Å²) in [6, 6.07) is 5.50. The SMILES string of the molecule is CCOc1ccc(C(=O)CCC2CCCO2)cc1Br. The van der Waals surface area contributed by atoms with E-state index in [-0.39, 0.29) is 11.9 Å². The van der Waals surface area contributed by atoms with Crippen molar-refractivity contribution in [2.75, 3.05) is 13.2 Å². The van der Waals surface area contributed by atoms with Gasteiger partial charge in [0.1, 0.15) is 5.75 Å². The minimum atomic E-state index is 0.166. The van der Waals surface area contributed by atoms with Gasteiger partial charge in [0, 0.05) is 18.6 Å². The number of carbonyl (C=O) groups is 1. The van der Waals surface area contributed by atoms with Crippen LogP contribution in [0.15, 0.2) is 22.7 Å². The lowest BCUT2D eigenvalue weighted by atomic mass is 10.0. The van der Waals surface area contributed by atoms with E-state index in [9.17, 15) is 4.79 Å². The van der Waals surface area contributed by atoms with Crippen LogP contribution in [-0.2, 0) is 4.74 Å². The minimum Gasteiger partial charge on any atom is -0.493 e. The average molecular weight is 327 g/mol. The minimum absolute atomic E-state index is 0.166. The van der Waals surface area contributed by atoms with Crippen LogP contribution >= 0.6 is 15.9 Å². The van der Waals surface area contributed by atoms with Gasteiger partial charge in [-0.15, -0.1) is 0 Å². The molecule has 1 unspecified atom stereocenters. The van der Waals surface area contributed by atoms with Crippen molar-refractivity contribution >= 4 is 21.7 Å². The molecule has 0 aromatic heterocycles. The first kappa shape index (κ1) is 14.5. The monoisotopic (exact) mass is 326 g/mol. The molecule has 1 atom stereocenters. The highest BCUT2D eigenvalue weighted by Gasteiger charge is 2.17. The first-order valence-electron chi connectivity index (χ1n) is 6.78. The fourth-order valence-corrected chi connectivity index (χ4v) is 2.75. The van der Waals surface area contributed by atoms with Gasteiger partial charge in [-0.25, -0.2) is 0 Å². The highest BCUT2D eigenvalue weighted by molar-refractivity contribution is 9.10. The van der Waals surface area contributed by atoms with Crippen molar-refractivity contribution in [2.45, 2.75) is 38.7 Å². The lowest BCUT2D eigenvalue weighted by Gasteiger charge is -2.10. The second kappa shape index (κ2) is 7.06. The number of rotatable bonds is 6. The number of hydrogen-bond donors (Lipinski definition) is 0. The quantitative estimate of drug-likeness (QED) is 0.741. The second-order valence-corrected chi connectivity index (χ2v) is 5.53. The molecule has 19 heavy (non-hydrogen) atoms. The highest BCUT2D eigenvalue weighted by Crippen LogP contribution is 2.27. The van der Waals surface area contributed by atoms with Gasteiger partial charge in [0.05, 0.1) is 17.2 Å². The lowest BCUT2D eigenvalue weighted by Crippen LogP contribution is -2.09. The van der Waals surface area contributed by atoms with Gasteiger partial charge in [0.25, 0.3) is 0 Å². The lowest BCUT2D eigenvalue weighted by molar-refractivity contribution is 0.0859. The molecule has 1 aliphatic heterocycles. The van der Waals surface area contributed by atoms with Crippen LogP contribution in [0.5, 0.6) is 5.75 Å². The van der Waals surface area contributed by atoms with E-state index in [1.807, 2.05) is 25.1 Å². The van der Waals surface area contributed by atoms with Gasteiger partial charge in [-0.3, -0.25) is 4.79 Å². The first-order valence-corrected chi connectivity index (χ1v) is 7.57. The molecule has 0 radical (unpaired) electrons. The molecular formula is C15H19BrO3. The standard InChI is InChI=1S/C15H19BrO3/c1-2-18-15-8-5-11(10-13(15)16)14(17)7-6-12-4-3-9-19-12/h5,8,10,12H,2-4,6-7,9H2,1H3. The van der Waals surface area contributed by atoms with Crippen molar-refractivity contribution in [2.24, 2.45) is 0 Å². The van der Waals surface area contributed by atoms with Crippen LogP contribution in [0, 0.1) is 0 Å². The molecule has 104 valence electrons. The number of ketones is 1. The maximum atomic E-state index is 12.1. The molecule has 1 fully saturated rings. The number of ether oxygens (including phenoxy) is 2. The van der Waals surface area contributed by atoms with Gasteiger partial charge < -0.3 is 9.47 Å². The zero-order valence-electron chi connectivity index (χ0n) is 11.2. The van der Waals surface area contributed by atoms with Gasteiger partial charge in [0.2, 0.25) is 0 Å². The van der Waals surface area contributed by atoms with E-state index in [4.69, 9.17) is 9.47 Å². The Morgan fingerprint density at radius 3 is 3.00 bits per heavy atom. The zero-order valence-corrected chi connectivity index (χ0v) is 12.7. The molecule has 1 aliphatic rings. The summed E-state index contributed by atoms with van der Waals surface area (Å²) in [7, 11) is 0. The molecule has 1 saturated heterocycles. The number of halogens is 1. The topological polar surface area (TPSA) is 35.5 Å². The predicted molar refractivity (Wildman–Crippen MR) is 77.8 cm³/mol. The highest BCUT2D eigenvalue weighted by atomic mass is 79.9. The second-order valence-electron chi connectivity index (χ2n) is 4.68. The number of benzene rings is 1. The van der Waals surface area contributed by atoms with Crippen molar-refractivity contribution in [1.82, 2.24) is 0 Å². The van der Waals surface area contributed by atoms with Gasteiger partial charge in [-0.1, -0.05) is 0 Å². The van der Waals surface area contributed by atoms with Gasteiger partial charge in [-0.05, 0) is 60.3 Å². The molecular weight excluding hydrogens is 308 g/mol. The zero-order chi connectivity index (χ0) is 13.7. The summed E-state index contributed by atoms with van der Waals surface area (Å²) >= 11 is 3.43. The maximum Gasteiger partial charge on any atom is 0.163 e. The van der Waals surface area contributed by atoms with Crippen LogP contribution in [-0.4, -0.2) is 25.1 Å². The normalized spacial score (nSPS) is 18.5. The number of hydrogen-bond acceptors (Lipinski definition) is 3. The van der Waals surface area contributed by atoms with Crippen molar-refractivity contribution in [3.8, 4) is 5.75 Å². The summed E-state index contributed by atoms with van der Waals surface area (Å²) < 4.78 is 11.8. The van der Waals surface area contributed by atoms with Gasteiger partial charge >= 0.3 is 0 Å². The summed E-state index contributed by atoms with van der Waals surface area (Å²) in [6.07, 6.45) is 3.85. The van der Waals surface area contributed by atoms with E-state index in [0.717, 1.165) is 41.7 Å². The Morgan fingerprint density at radius 1 is 1.53 bits per heavy atom. The van der Waals surface area contributed by atoms with E-state index in [2.05, 4.69) is 15.9 Å². The van der Waals surface area contributed by atoms with Crippen molar-refractivity contribution in [3.63, 3.8) is 0 Å². The third kappa shape index (κ3) is 4.05. The Morgan fingerprint density at radius 2 is 2.37 bits per heavy atom. The van der Waals surface area contributed by atoms with E-state index in [0.29, 0.717) is 13.0 Å². The Kier molecular flexibility index (Phi) is 5.40. The Labute approximate surface area is 122 Å². The average Bonchev–Trinajstić information content (AvgIpc) is 2.91. The van der Waals surface area contributed by atoms with E-state index < -0.39 is 0 Å². The Balaban J connectivity index is 1.92. The van der Waals surface area contributed by atoms with Crippen LogP contribution in [0.2, 0.25) is 0 Å². The third-order valence-electron chi connectivity index (χ3n) is 3.27. The molecule has 4 heteroatoms. The third-order valence-corrected chi connectivity index (χ3v) is 3.89. The van der Waals surface area contributed by atoms with Crippen LogP contribution in [0.1, 0.15) is 43.0 Å². The fourth-order valence-electron chi connectivity index (χ4n) is 2.26. The number of carbonyl (C=O) groups excluding carboxylic acids is 1. The molecule has 0 amide bonds. The largest absolute Gasteiger partial charge is 0.493 e. The van der Waals surface area contributed by atoms with Gasteiger partial charge in [-0.2, -0.15) is 0 Å². The smallest absolute Gasteiger partial charge is 0.163 e. The Bertz CT molecular complexity index is 439. The molecule has 2 rings (SSSR count). The van der Waals surface area contributed by atoms with E-state index in [1.165, 1.54) is 0 Å². The maximum absolute atomic E-state index is 12.1.